The Bertz CT molecular complexity index is 1270. The van der Waals surface area contributed by atoms with Gasteiger partial charge in [0.2, 0.25) is 0 Å². The van der Waals surface area contributed by atoms with Crippen LogP contribution >= 0.6 is 0 Å². The van der Waals surface area contributed by atoms with E-state index in [-0.39, 0.29) is 21.7 Å². The Labute approximate surface area is 228 Å². The summed E-state index contributed by atoms with van der Waals surface area (Å²) in [6.07, 6.45) is 0. The van der Waals surface area contributed by atoms with Gasteiger partial charge in [-0.3, -0.25) is 0 Å². The predicted molar refractivity (Wildman–Crippen MR) is 149 cm³/mol. The van der Waals surface area contributed by atoms with E-state index in [1.165, 1.54) is 42.5 Å². The minimum Gasteiger partial charge on any atom is -0.741 e. The molecule has 3 nitrogen and oxygen atoms in total. The van der Waals surface area contributed by atoms with Gasteiger partial charge in [-0.2, -0.15) is 13.2 Å². The molecule has 0 amide bonds. The predicted octanol–water partition coefficient (Wildman–Crippen LogP) is 8.35. The van der Waals surface area contributed by atoms with Crippen LogP contribution in [0.4, 0.5) is 13.2 Å². The summed E-state index contributed by atoms with van der Waals surface area (Å²) in [7, 11) is -6.21. The Hall–Kier alpha value is -2.29. The van der Waals surface area contributed by atoms with Gasteiger partial charge in [0.1, 0.15) is 0 Å². The number of halogens is 3. The summed E-state index contributed by atoms with van der Waals surface area (Å²) >= 11 is 0. The van der Waals surface area contributed by atoms with Crippen molar-refractivity contribution >= 4 is 21.0 Å². The number of hydrogen-bond donors (Lipinski definition) is 0. The minimum atomic E-state index is -6.09. The van der Waals surface area contributed by atoms with Gasteiger partial charge in [-0.25, -0.2) is 8.42 Å². The van der Waals surface area contributed by atoms with Crippen LogP contribution in [0.2, 0.25) is 0 Å². The van der Waals surface area contributed by atoms with Crippen LogP contribution in [0.5, 0.6) is 0 Å². The molecule has 0 atom stereocenters. The van der Waals surface area contributed by atoms with Crippen LogP contribution in [0.15, 0.2) is 75.4 Å². The molecule has 0 saturated heterocycles. The van der Waals surface area contributed by atoms with Gasteiger partial charge >= 0.3 is 5.51 Å². The first kappa shape index (κ1) is 31.9. The molecular formula is C30H37F3O3S2. The molecule has 38 heavy (non-hydrogen) atoms. The molecule has 0 radical (unpaired) electrons. The lowest BCUT2D eigenvalue weighted by Crippen LogP contribution is -2.21. The van der Waals surface area contributed by atoms with Crippen molar-refractivity contribution in [2.75, 3.05) is 0 Å². The molecule has 0 aliphatic heterocycles. The zero-order chi connectivity index (χ0) is 29.3. The SMILES string of the molecule is Cc1cc(C)c([S+](c2ccc(C(C)(C)C)cc2)c2ccc(C(C)(C)C)cc2)c(C)c1.O=S(=O)([O-])C(F)(F)F. The molecule has 208 valence electrons. The van der Waals surface area contributed by atoms with Crippen molar-refractivity contribution < 1.29 is 26.1 Å². The van der Waals surface area contributed by atoms with E-state index in [0.717, 1.165) is 0 Å². The fourth-order valence-corrected chi connectivity index (χ4v) is 6.36. The largest absolute Gasteiger partial charge is 0.741 e. The molecule has 0 heterocycles. The highest BCUT2D eigenvalue weighted by atomic mass is 32.2. The summed E-state index contributed by atoms with van der Waals surface area (Å²) in [5.74, 6) is 0. The van der Waals surface area contributed by atoms with Crippen molar-refractivity contribution in [1.29, 1.82) is 0 Å². The molecular weight excluding hydrogens is 529 g/mol. The Morgan fingerprint density at radius 2 is 0.947 bits per heavy atom. The second kappa shape index (κ2) is 11.4. The van der Waals surface area contributed by atoms with Crippen LogP contribution in [0.1, 0.15) is 69.4 Å². The first-order valence-corrected chi connectivity index (χ1v) is 14.8. The Kier molecular flexibility index (Phi) is 9.61. The summed E-state index contributed by atoms with van der Waals surface area (Å²) in [6.45, 7) is 20.4. The van der Waals surface area contributed by atoms with Crippen molar-refractivity contribution in [3.8, 4) is 0 Å². The van der Waals surface area contributed by atoms with Gasteiger partial charge in [-0.1, -0.05) is 83.5 Å². The van der Waals surface area contributed by atoms with E-state index in [1.54, 1.807) is 0 Å². The maximum absolute atomic E-state index is 10.7. The van der Waals surface area contributed by atoms with Crippen molar-refractivity contribution in [2.45, 2.75) is 93.3 Å². The topological polar surface area (TPSA) is 57.2 Å². The summed E-state index contributed by atoms with van der Waals surface area (Å²) in [5, 5.41) is 0. The Morgan fingerprint density at radius 1 is 0.658 bits per heavy atom. The molecule has 8 heteroatoms. The maximum Gasteiger partial charge on any atom is 0.485 e. The first-order valence-electron chi connectivity index (χ1n) is 12.2. The van der Waals surface area contributed by atoms with Crippen molar-refractivity contribution in [1.82, 2.24) is 0 Å². The third-order valence-electron chi connectivity index (χ3n) is 6.00. The highest BCUT2D eigenvalue weighted by molar-refractivity contribution is 7.97. The van der Waals surface area contributed by atoms with E-state index in [4.69, 9.17) is 13.0 Å². The monoisotopic (exact) mass is 566 g/mol. The third-order valence-corrected chi connectivity index (χ3v) is 9.11. The Balaban J connectivity index is 0.000000550. The second-order valence-corrected chi connectivity index (χ2v) is 14.8. The van der Waals surface area contributed by atoms with E-state index in [1.807, 2.05) is 0 Å². The van der Waals surface area contributed by atoms with Gasteiger partial charge in [0.25, 0.3) is 0 Å². The van der Waals surface area contributed by atoms with E-state index in [2.05, 4.69) is 123 Å². The molecule has 0 aromatic heterocycles. The molecule has 0 saturated carbocycles. The van der Waals surface area contributed by atoms with E-state index >= 15 is 0 Å². The van der Waals surface area contributed by atoms with Gasteiger partial charge in [0, 0.05) is 11.1 Å². The summed E-state index contributed by atoms with van der Waals surface area (Å²) in [6, 6.07) is 23.3. The smallest absolute Gasteiger partial charge is 0.485 e. The zero-order valence-corrected chi connectivity index (χ0v) is 25.1. The molecule has 0 N–H and O–H groups in total. The Morgan fingerprint density at radius 3 is 1.18 bits per heavy atom. The number of alkyl halides is 3. The van der Waals surface area contributed by atoms with Gasteiger partial charge in [-0.15, -0.1) is 0 Å². The fourth-order valence-electron chi connectivity index (χ4n) is 4.04. The van der Waals surface area contributed by atoms with Crippen LogP contribution < -0.4 is 0 Å². The maximum atomic E-state index is 10.7. The molecule has 0 aliphatic rings. The number of aryl methyl sites for hydroxylation is 3. The fraction of sp³-hybridized carbons (Fsp3) is 0.400. The average Bonchev–Trinajstić information content (AvgIpc) is 2.74. The normalized spacial score (nSPS) is 12.8. The quantitative estimate of drug-likeness (QED) is 0.182. The van der Waals surface area contributed by atoms with Crippen LogP contribution in [-0.2, 0) is 31.8 Å². The summed E-state index contributed by atoms with van der Waals surface area (Å²) < 4.78 is 58.9. The van der Waals surface area contributed by atoms with Gasteiger partial charge in [-0.05, 0) is 67.0 Å². The van der Waals surface area contributed by atoms with E-state index in [9.17, 15) is 13.2 Å². The van der Waals surface area contributed by atoms with Crippen molar-refractivity contribution in [3.63, 3.8) is 0 Å². The number of rotatable bonds is 3. The highest BCUT2D eigenvalue weighted by Gasteiger charge is 2.37. The van der Waals surface area contributed by atoms with E-state index < -0.39 is 15.6 Å². The summed E-state index contributed by atoms with van der Waals surface area (Å²) in [4.78, 5) is 4.25. The van der Waals surface area contributed by atoms with Crippen LogP contribution in [0.3, 0.4) is 0 Å². The molecule has 0 unspecified atom stereocenters. The lowest BCUT2D eigenvalue weighted by molar-refractivity contribution is -0.0517. The molecule has 0 aliphatic carbocycles. The zero-order valence-electron chi connectivity index (χ0n) is 23.4. The molecule has 3 rings (SSSR count). The standard InChI is InChI=1S/C29H37S.CHF3O3S/c1-20-18-21(2)27(22(3)19-20)30(25-14-10-23(11-15-25)28(4,5)6)26-16-12-24(13-17-26)29(7,8)9;2-1(3,4)8(5,6)7/h10-19H,1-9H3;(H,5,6,7)/q+1;/p-1. The third kappa shape index (κ3) is 8.10. The molecule has 0 bridgehead atoms. The van der Waals surface area contributed by atoms with Crippen LogP contribution in [0, 0.1) is 20.8 Å². The molecule has 3 aromatic rings. The second-order valence-electron chi connectivity index (χ2n) is 11.5. The van der Waals surface area contributed by atoms with E-state index in [0.29, 0.717) is 0 Å². The van der Waals surface area contributed by atoms with Crippen molar-refractivity contribution in [2.24, 2.45) is 0 Å². The van der Waals surface area contributed by atoms with Crippen molar-refractivity contribution in [3.05, 3.63) is 88.5 Å². The van der Waals surface area contributed by atoms with Gasteiger partial charge in [0.05, 0.1) is 10.9 Å². The minimum absolute atomic E-state index is 0.116. The highest BCUT2D eigenvalue weighted by Crippen LogP contribution is 2.37. The lowest BCUT2D eigenvalue weighted by atomic mass is 9.87. The van der Waals surface area contributed by atoms with Gasteiger partial charge in [0.15, 0.2) is 24.8 Å². The summed E-state index contributed by atoms with van der Waals surface area (Å²) in [5.41, 5.74) is 1.57. The molecule has 3 aromatic carbocycles. The lowest BCUT2D eigenvalue weighted by Gasteiger charge is -2.20. The number of benzene rings is 3. The first-order chi connectivity index (χ1) is 17.1. The molecule has 0 spiro atoms. The van der Waals surface area contributed by atoms with Crippen LogP contribution in [-0.4, -0.2) is 18.5 Å². The average molecular weight is 567 g/mol. The van der Waals surface area contributed by atoms with Crippen LogP contribution in [0.25, 0.3) is 0 Å². The van der Waals surface area contributed by atoms with Gasteiger partial charge < -0.3 is 4.55 Å². The molecule has 0 fully saturated rings. The number of hydrogen-bond acceptors (Lipinski definition) is 3.